The zero-order chi connectivity index (χ0) is 16.0. The molecular weight excluding hydrogens is 292 g/mol. The number of amides is 1. The molecule has 1 aromatic rings. The molecule has 1 unspecified atom stereocenters. The molecule has 21 heavy (non-hydrogen) atoms. The van der Waals surface area contributed by atoms with Gasteiger partial charge in [-0.25, -0.2) is 8.42 Å². The van der Waals surface area contributed by atoms with Crippen molar-refractivity contribution in [2.45, 2.75) is 26.3 Å². The van der Waals surface area contributed by atoms with Crippen LogP contribution in [-0.2, 0) is 14.8 Å². The fourth-order valence-corrected chi connectivity index (χ4v) is 2.97. The molecule has 1 N–H and O–H groups in total. The molecule has 1 aromatic carbocycles. The van der Waals surface area contributed by atoms with Gasteiger partial charge in [0.1, 0.15) is 5.75 Å². The molecule has 0 fully saturated rings. The minimum atomic E-state index is -3.42. The number of methoxy groups -OCH3 is 1. The van der Waals surface area contributed by atoms with Crippen LogP contribution in [0.3, 0.4) is 0 Å². The number of hydrogen-bond donors (Lipinski definition) is 1. The van der Waals surface area contributed by atoms with Gasteiger partial charge in [-0.15, -0.1) is 0 Å². The molecule has 0 saturated heterocycles. The Labute approximate surface area is 126 Å². The van der Waals surface area contributed by atoms with Gasteiger partial charge in [0, 0.05) is 11.7 Å². The number of rotatable bonds is 7. The molecule has 0 bridgehead atoms. The van der Waals surface area contributed by atoms with Crippen molar-refractivity contribution in [2.75, 3.05) is 25.2 Å². The van der Waals surface area contributed by atoms with E-state index in [1.807, 2.05) is 6.92 Å². The van der Waals surface area contributed by atoms with Gasteiger partial charge in [0.2, 0.25) is 15.9 Å². The second kappa shape index (κ2) is 7.42. The third-order valence-corrected chi connectivity index (χ3v) is 4.52. The van der Waals surface area contributed by atoms with Crippen molar-refractivity contribution in [1.82, 2.24) is 4.31 Å². The third-order valence-electron chi connectivity index (χ3n) is 3.18. The maximum absolute atomic E-state index is 12.0. The van der Waals surface area contributed by atoms with Gasteiger partial charge in [-0.3, -0.25) is 4.79 Å². The van der Waals surface area contributed by atoms with Crippen molar-refractivity contribution in [3.05, 3.63) is 24.3 Å². The highest BCUT2D eigenvalue weighted by Crippen LogP contribution is 2.15. The fourth-order valence-electron chi connectivity index (χ4n) is 1.82. The number of nitrogens with zero attached hydrogens (tertiary/aromatic N) is 1. The minimum Gasteiger partial charge on any atom is -0.497 e. The molecule has 7 heteroatoms. The van der Waals surface area contributed by atoms with Crippen LogP contribution in [0.5, 0.6) is 5.75 Å². The molecule has 0 aliphatic carbocycles. The van der Waals surface area contributed by atoms with Crippen molar-refractivity contribution in [3.63, 3.8) is 0 Å². The van der Waals surface area contributed by atoms with E-state index in [-0.39, 0.29) is 18.5 Å². The Kier molecular flexibility index (Phi) is 6.17. The van der Waals surface area contributed by atoms with Crippen LogP contribution in [-0.4, -0.2) is 44.6 Å². The highest BCUT2D eigenvalue weighted by atomic mass is 32.2. The van der Waals surface area contributed by atoms with E-state index in [9.17, 15) is 13.2 Å². The number of nitrogens with one attached hydrogen (secondary N) is 1. The van der Waals surface area contributed by atoms with E-state index in [1.54, 1.807) is 38.3 Å². The van der Waals surface area contributed by atoms with Gasteiger partial charge < -0.3 is 10.1 Å². The van der Waals surface area contributed by atoms with Gasteiger partial charge in [0.15, 0.2) is 0 Å². The van der Waals surface area contributed by atoms with Crippen molar-refractivity contribution in [1.29, 1.82) is 0 Å². The first-order chi connectivity index (χ1) is 9.77. The van der Waals surface area contributed by atoms with Crippen LogP contribution in [0.1, 0.15) is 20.3 Å². The quantitative estimate of drug-likeness (QED) is 0.831. The Morgan fingerprint density at radius 2 is 1.90 bits per heavy atom. The van der Waals surface area contributed by atoms with Crippen molar-refractivity contribution >= 4 is 21.6 Å². The summed E-state index contributed by atoms with van der Waals surface area (Å²) in [7, 11) is -1.86. The standard InChI is InChI=1S/C14H22N2O4S/c1-5-11(2)16(21(4,18)19)10-14(17)15-12-6-8-13(20-3)9-7-12/h6-9,11H,5,10H2,1-4H3,(H,15,17). The molecule has 118 valence electrons. The van der Waals surface area contributed by atoms with Crippen LogP contribution in [0.15, 0.2) is 24.3 Å². The highest BCUT2D eigenvalue weighted by Gasteiger charge is 2.24. The molecule has 1 rings (SSSR count). The van der Waals surface area contributed by atoms with Crippen LogP contribution in [0.4, 0.5) is 5.69 Å². The number of carbonyl (C=O) groups is 1. The Morgan fingerprint density at radius 3 is 2.33 bits per heavy atom. The summed E-state index contributed by atoms with van der Waals surface area (Å²) in [6.45, 7) is 3.46. The zero-order valence-corrected chi connectivity index (χ0v) is 13.6. The van der Waals surface area contributed by atoms with E-state index in [0.717, 1.165) is 6.26 Å². The number of anilines is 1. The summed E-state index contributed by atoms with van der Waals surface area (Å²) in [6, 6.07) is 6.62. The average Bonchev–Trinajstić information content (AvgIpc) is 2.43. The average molecular weight is 314 g/mol. The largest absolute Gasteiger partial charge is 0.497 e. The van der Waals surface area contributed by atoms with Crippen molar-refractivity contribution in [3.8, 4) is 5.75 Å². The van der Waals surface area contributed by atoms with Crippen LogP contribution in [0.25, 0.3) is 0 Å². The van der Waals surface area contributed by atoms with Gasteiger partial charge in [0.05, 0.1) is 19.9 Å². The summed E-state index contributed by atoms with van der Waals surface area (Å²) in [5.74, 6) is 0.316. The lowest BCUT2D eigenvalue weighted by atomic mass is 10.2. The Hall–Kier alpha value is -1.60. The van der Waals surface area contributed by atoms with Gasteiger partial charge in [0.25, 0.3) is 0 Å². The number of carbonyl (C=O) groups excluding carboxylic acids is 1. The summed E-state index contributed by atoms with van der Waals surface area (Å²) in [6.07, 6.45) is 1.75. The molecule has 0 radical (unpaired) electrons. The topological polar surface area (TPSA) is 75.7 Å². The number of hydrogen-bond acceptors (Lipinski definition) is 4. The minimum absolute atomic E-state index is 0.195. The second-order valence-electron chi connectivity index (χ2n) is 4.84. The maximum Gasteiger partial charge on any atom is 0.239 e. The smallest absolute Gasteiger partial charge is 0.239 e. The molecule has 0 aliphatic heterocycles. The summed E-state index contributed by atoms with van der Waals surface area (Å²) in [4.78, 5) is 12.0. The fraction of sp³-hybridized carbons (Fsp3) is 0.500. The van der Waals surface area contributed by atoms with E-state index in [4.69, 9.17) is 4.74 Å². The van der Waals surface area contributed by atoms with E-state index in [0.29, 0.717) is 17.9 Å². The Morgan fingerprint density at radius 1 is 1.33 bits per heavy atom. The SMILES string of the molecule is CCC(C)N(CC(=O)Nc1ccc(OC)cc1)S(C)(=O)=O. The molecule has 1 atom stereocenters. The lowest BCUT2D eigenvalue weighted by molar-refractivity contribution is -0.116. The summed E-state index contributed by atoms with van der Waals surface area (Å²) in [5, 5.41) is 2.67. The summed E-state index contributed by atoms with van der Waals surface area (Å²) < 4.78 is 29.7. The normalized spacial score (nSPS) is 13.0. The van der Waals surface area contributed by atoms with E-state index in [2.05, 4.69) is 5.32 Å². The van der Waals surface area contributed by atoms with Crippen LogP contribution < -0.4 is 10.1 Å². The molecule has 6 nitrogen and oxygen atoms in total. The number of sulfonamides is 1. The number of benzene rings is 1. The van der Waals surface area contributed by atoms with E-state index >= 15 is 0 Å². The lowest BCUT2D eigenvalue weighted by Gasteiger charge is -2.25. The maximum atomic E-state index is 12.0. The first-order valence-electron chi connectivity index (χ1n) is 6.68. The molecule has 0 aliphatic rings. The van der Waals surface area contributed by atoms with Gasteiger partial charge >= 0.3 is 0 Å². The Balaban J connectivity index is 2.73. The molecule has 0 aromatic heterocycles. The molecular formula is C14H22N2O4S. The molecule has 1 amide bonds. The zero-order valence-electron chi connectivity index (χ0n) is 12.8. The molecule has 0 heterocycles. The first-order valence-corrected chi connectivity index (χ1v) is 8.53. The van der Waals surface area contributed by atoms with Crippen LogP contribution in [0, 0.1) is 0 Å². The monoisotopic (exact) mass is 314 g/mol. The highest BCUT2D eigenvalue weighted by molar-refractivity contribution is 7.88. The predicted octanol–water partition coefficient (Wildman–Crippen LogP) is 1.69. The molecule has 0 spiro atoms. The predicted molar refractivity (Wildman–Crippen MR) is 82.9 cm³/mol. The number of ether oxygens (including phenoxy) is 1. The van der Waals surface area contributed by atoms with Gasteiger partial charge in [-0.05, 0) is 37.6 Å². The summed E-state index contributed by atoms with van der Waals surface area (Å²) >= 11 is 0. The first kappa shape index (κ1) is 17.5. The third kappa shape index (κ3) is 5.35. The van der Waals surface area contributed by atoms with Crippen LogP contribution in [0.2, 0.25) is 0 Å². The summed E-state index contributed by atoms with van der Waals surface area (Å²) in [5.41, 5.74) is 0.596. The van der Waals surface area contributed by atoms with E-state index < -0.39 is 10.0 Å². The Bertz CT molecular complexity index is 569. The second-order valence-corrected chi connectivity index (χ2v) is 6.78. The lowest BCUT2D eigenvalue weighted by Crippen LogP contribution is -2.42. The molecule has 0 saturated carbocycles. The van der Waals surface area contributed by atoms with Crippen molar-refractivity contribution in [2.24, 2.45) is 0 Å². The van der Waals surface area contributed by atoms with Gasteiger partial charge in [-0.1, -0.05) is 6.92 Å². The van der Waals surface area contributed by atoms with Crippen LogP contribution >= 0.6 is 0 Å². The van der Waals surface area contributed by atoms with Gasteiger partial charge in [-0.2, -0.15) is 4.31 Å². The van der Waals surface area contributed by atoms with Crippen molar-refractivity contribution < 1.29 is 17.9 Å². The van der Waals surface area contributed by atoms with E-state index in [1.165, 1.54) is 4.31 Å².